The van der Waals surface area contributed by atoms with Crippen molar-refractivity contribution in [1.82, 2.24) is 4.98 Å². The number of hydrogen-bond acceptors (Lipinski definition) is 2. The summed E-state index contributed by atoms with van der Waals surface area (Å²) in [6.45, 7) is 0. The lowest BCUT2D eigenvalue weighted by Gasteiger charge is -2.15. The van der Waals surface area contributed by atoms with Crippen LogP contribution in [0.1, 0.15) is 11.7 Å². The monoisotopic (exact) mass is 229 g/mol. The summed E-state index contributed by atoms with van der Waals surface area (Å²) in [6, 6.07) is 0.967. The van der Waals surface area contributed by atoms with Gasteiger partial charge in [0.05, 0.1) is 10.6 Å². The quantitative estimate of drug-likeness (QED) is 0.593. The number of pyridine rings is 1. The molecule has 0 aliphatic rings. The van der Waals surface area contributed by atoms with E-state index >= 15 is 0 Å². The molecule has 1 rings (SSSR count). The molecule has 0 radical (unpaired) electrons. The van der Waals surface area contributed by atoms with Gasteiger partial charge in [0.25, 0.3) is 0 Å². The molecule has 0 saturated heterocycles. The smallest absolute Gasteiger partial charge is 0.379 e. The summed E-state index contributed by atoms with van der Waals surface area (Å²) in [4.78, 5) is 2.96. The highest BCUT2D eigenvalue weighted by Crippen LogP contribution is 2.36. The number of alkyl halides is 3. The van der Waals surface area contributed by atoms with Crippen molar-refractivity contribution < 1.29 is 22.7 Å². The van der Waals surface area contributed by atoms with E-state index in [9.17, 15) is 17.6 Å². The molecule has 1 aromatic heterocycles. The Kier molecular flexibility index (Phi) is 2.96. The average Bonchev–Trinajstić information content (AvgIpc) is 2.01. The van der Waals surface area contributed by atoms with Gasteiger partial charge in [-0.1, -0.05) is 11.6 Å². The van der Waals surface area contributed by atoms with E-state index in [0.717, 1.165) is 12.3 Å². The predicted octanol–water partition coefficient (Wildman–Crippen LogP) is 2.47. The zero-order chi connectivity index (χ0) is 10.9. The Morgan fingerprint density at radius 2 is 2.00 bits per heavy atom. The van der Waals surface area contributed by atoms with Gasteiger partial charge in [-0.05, 0) is 6.07 Å². The van der Waals surface area contributed by atoms with Gasteiger partial charge in [-0.25, -0.2) is 4.98 Å². The molecule has 14 heavy (non-hydrogen) atoms. The van der Waals surface area contributed by atoms with Crippen LogP contribution in [-0.4, -0.2) is 16.3 Å². The number of nitrogens with zero attached hydrogens (tertiary/aromatic N) is 1. The van der Waals surface area contributed by atoms with E-state index in [2.05, 4.69) is 4.98 Å². The van der Waals surface area contributed by atoms with Crippen molar-refractivity contribution >= 4 is 11.6 Å². The molecule has 0 aliphatic heterocycles. The SMILES string of the molecule is O[C@@H](c1c(Cl)ccnc1F)C(F)(F)F. The molecule has 1 aromatic rings. The summed E-state index contributed by atoms with van der Waals surface area (Å²) in [6.07, 6.45) is -7.01. The van der Waals surface area contributed by atoms with E-state index < -0.39 is 28.8 Å². The molecule has 2 nitrogen and oxygen atoms in total. The van der Waals surface area contributed by atoms with E-state index in [1.54, 1.807) is 0 Å². The highest BCUT2D eigenvalue weighted by Gasteiger charge is 2.42. The largest absolute Gasteiger partial charge is 0.418 e. The van der Waals surface area contributed by atoms with Crippen LogP contribution in [0, 0.1) is 5.95 Å². The van der Waals surface area contributed by atoms with Gasteiger partial charge < -0.3 is 5.11 Å². The maximum atomic E-state index is 12.8. The number of halogens is 5. The molecule has 0 amide bonds. The van der Waals surface area contributed by atoms with Gasteiger partial charge in [0, 0.05) is 6.20 Å². The van der Waals surface area contributed by atoms with E-state index in [1.807, 2.05) is 0 Å². The minimum Gasteiger partial charge on any atom is -0.379 e. The van der Waals surface area contributed by atoms with E-state index in [4.69, 9.17) is 16.7 Å². The third-order valence-electron chi connectivity index (χ3n) is 1.47. The molecule has 78 valence electrons. The van der Waals surface area contributed by atoms with Gasteiger partial charge >= 0.3 is 6.18 Å². The zero-order valence-electron chi connectivity index (χ0n) is 6.52. The molecule has 0 spiro atoms. The Morgan fingerprint density at radius 1 is 1.43 bits per heavy atom. The Balaban J connectivity index is 3.19. The molecule has 0 bridgehead atoms. The standard InChI is InChI=1S/C7H4ClF4NO/c8-3-1-2-13-6(9)4(3)5(14)7(10,11)12/h1-2,5,14H/t5-/m0/s1. The molecule has 1 atom stereocenters. The van der Waals surface area contributed by atoms with Crippen molar-refractivity contribution in [2.45, 2.75) is 12.3 Å². The number of rotatable bonds is 1. The summed E-state index contributed by atoms with van der Waals surface area (Å²) < 4.78 is 48.8. The van der Waals surface area contributed by atoms with E-state index in [1.165, 1.54) is 0 Å². The van der Waals surface area contributed by atoms with Crippen molar-refractivity contribution in [3.63, 3.8) is 0 Å². The van der Waals surface area contributed by atoms with Gasteiger partial charge in [-0.15, -0.1) is 0 Å². The van der Waals surface area contributed by atoms with Crippen molar-refractivity contribution in [2.75, 3.05) is 0 Å². The summed E-state index contributed by atoms with van der Waals surface area (Å²) >= 11 is 5.29. The third kappa shape index (κ3) is 2.13. The van der Waals surface area contributed by atoms with Gasteiger partial charge in [0.1, 0.15) is 0 Å². The van der Waals surface area contributed by atoms with Gasteiger partial charge in [0.15, 0.2) is 6.10 Å². The third-order valence-corrected chi connectivity index (χ3v) is 1.80. The normalized spacial score (nSPS) is 14.1. The molecule has 1 N–H and O–H groups in total. The van der Waals surface area contributed by atoms with Crippen molar-refractivity contribution in [3.8, 4) is 0 Å². The summed E-state index contributed by atoms with van der Waals surface area (Å²) in [5.41, 5.74) is -1.05. The second-order valence-corrected chi connectivity index (χ2v) is 2.85. The van der Waals surface area contributed by atoms with Crippen molar-refractivity contribution in [2.24, 2.45) is 0 Å². The highest BCUT2D eigenvalue weighted by atomic mass is 35.5. The van der Waals surface area contributed by atoms with E-state index in [0.29, 0.717) is 0 Å². The van der Waals surface area contributed by atoms with Crippen LogP contribution in [0.5, 0.6) is 0 Å². The first-order chi connectivity index (χ1) is 6.34. The fourth-order valence-corrected chi connectivity index (χ4v) is 1.07. The van der Waals surface area contributed by atoms with Crippen LogP contribution < -0.4 is 0 Å². The van der Waals surface area contributed by atoms with Crippen LogP contribution >= 0.6 is 11.6 Å². The van der Waals surface area contributed by atoms with Crippen LogP contribution in [0.15, 0.2) is 12.3 Å². The lowest BCUT2D eigenvalue weighted by molar-refractivity contribution is -0.207. The molecule has 7 heteroatoms. The summed E-state index contributed by atoms with van der Waals surface area (Å²) in [5.74, 6) is -1.43. The lowest BCUT2D eigenvalue weighted by Crippen LogP contribution is -2.22. The highest BCUT2D eigenvalue weighted by molar-refractivity contribution is 6.31. The average molecular weight is 230 g/mol. The zero-order valence-corrected chi connectivity index (χ0v) is 7.27. The van der Waals surface area contributed by atoms with Crippen LogP contribution in [-0.2, 0) is 0 Å². The second-order valence-electron chi connectivity index (χ2n) is 2.44. The molecule has 0 saturated carbocycles. The predicted molar refractivity (Wildman–Crippen MR) is 40.2 cm³/mol. The minimum absolute atomic E-state index is 0.512. The Labute approximate surface area is 81.1 Å². The maximum Gasteiger partial charge on any atom is 0.418 e. The molecule has 0 aromatic carbocycles. The summed E-state index contributed by atoms with van der Waals surface area (Å²) in [7, 11) is 0. The topological polar surface area (TPSA) is 33.1 Å². The van der Waals surface area contributed by atoms with Crippen LogP contribution in [0.4, 0.5) is 17.6 Å². The number of hydrogen-bond donors (Lipinski definition) is 1. The molecule has 0 aliphatic carbocycles. The number of aromatic nitrogens is 1. The van der Waals surface area contributed by atoms with Gasteiger partial charge in [-0.2, -0.15) is 17.6 Å². The van der Waals surface area contributed by atoms with Crippen LogP contribution in [0.2, 0.25) is 5.02 Å². The fraction of sp³-hybridized carbons (Fsp3) is 0.286. The first-order valence-electron chi connectivity index (χ1n) is 3.38. The van der Waals surface area contributed by atoms with Crippen molar-refractivity contribution in [1.29, 1.82) is 0 Å². The van der Waals surface area contributed by atoms with Crippen LogP contribution in [0.3, 0.4) is 0 Å². The van der Waals surface area contributed by atoms with Gasteiger partial charge in [-0.3, -0.25) is 0 Å². The van der Waals surface area contributed by atoms with Crippen LogP contribution in [0.25, 0.3) is 0 Å². The minimum atomic E-state index is -4.96. The molecule has 1 heterocycles. The van der Waals surface area contributed by atoms with Gasteiger partial charge in [0.2, 0.25) is 5.95 Å². The number of aliphatic hydroxyl groups excluding tert-OH is 1. The molecule has 0 unspecified atom stereocenters. The first-order valence-corrected chi connectivity index (χ1v) is 3.76. The summed E-state index contributed by atoms with van der Waals surface area (Å²) in [5, 5.41) is 8.22. The fourth-order valence-electron chi connectivity index (χ4n) is 0.833. The second kappa shape index (κ2) is 3.70. The molecule has 0 fully saturated rings. The Hall–Kier alpha value is -0.880. The Bertz CT molecular complexity index is 321. The lowest BCUT2D eigenvalue weighted by atomic mass is 10.1. The number of aliphatic hydroxyl groups is 1. The molecular weight excluding hydrogens is 226 g/mol. The maximum absolute atomic E-state index is 12.8. The first kappa shape index (κ1) is 11.2. The Morgan fingerprint density at radius 3 is 2.43 bits per heavy atom. The molecular formula is C7H4ClF4NO. The van der Waals surface area contributed by atoms with E-state index in [-0.39, 0.29) is 0 Å². The van der Waals surface area contributed by atoms with Crippen molar-refractivity contribution in [3.05, 3.63) is 28.8 Å².